The number of nitrogens with one attached hydrogen (secondary N) is 2. The summed E-state index contributed by atoms with van der Waals surface area (Å²) in [6.07, 6.45) is 6.69. The molecule has 73 heavy (non-hydrogen) atoms. The molecule has 8 nitrogen and oxygen atoms in total. The quantitative estimate of drug-likeness (QED) is 0.0797. The Morgan fingerprint density at radius 1 is 0.452 bits per heavy atom. The first-order chi connectivity index (χ1) is 33.2. The van der Waals surface area contributed by atoms with Gasteiger partial charge in [-0.05, 0) is 160 Å². The summed E-state index contributed by atoms with van der Waals surface area (Å²) in [6.45, 7) is 48.7. The van der Waals surface area contributed by atoms with Gasteiger partial charge in [0.15, 0.2) is 6.20 Å². The number of benzene rings is 4. The van der Waals surface area contributed by atoms with Gasteiger partial charge in [-0.25, -0.2) is 0 Å². The first-order valence-electron chi connectivity index (χ1n) is 25.8. The Bertz CT molecular complexity index is 3380. The molecule has 0 saturated heterocycles. The number of aromatic nitrogens is 4. The van der Waals surface area contributed by atoms with E-state index in [9.17, 15) is 20.0 Å². The fourth-order valence-electron chi connectivity index (χ4n) is 9.54. The maximum absolute atomic E-state index is 11.9. The van der Waals surface area contributed by atoms with E-state index in [1.54, 1.807) is 36.9 Å². The number of rotatable bonds is 0. The van der Waals surface area contributed by atoms with E-state index in [-0.39, 0.29) is 49.0 Å². The highest BCUT2D eigenvalue weighted by Crippen LogP contribution is 2.39. The lowest BCUT2D eigenvalue weighted by molar-refractivity contribution is -0.903. The van der Waals surface area contributed by atoms with Crippen molar-refractivity contribution in [2.24, 2.45) is 0 Å². The summed E-state index contributed by atoms with van der Waals surface area (Å²) < 4.78 is 2.07. The Kier molecular flexibility index (Phi) is 16.2. The van der Waals surface area contributed by atoms with E-state index in [1.807, 2.05) is 30.3 Å². The SMILES string of the molecule is CC(C)(C)c1cc2cc[n+](O)cc2cc1C(C)(C)C.CC(C)(C)c1cc2ccc(=O)[nH]c2cc1C(C)(C)C.CC(C)(C)c1cc2ccc[n+]([O-])c2cc1C(C)(C)C.Cc1cc2c(=O)[nH]ccc2cc1C(C)(C)C. The fraction of sp³-hybridized carbons (Fsp3) is 0.446. The molecule has 0 aliphatic carbocycles. The molecule has 0 aliphatic rings. The monoisotopic (exact) mass is 988 g/mol. The molecule has 4 aromatic carbocycles. The zero-order valence-corrected chi connectivity index (χ0v) is 48.5. The Morgan fingerprint density at radius 2 is 0.890 bits per heavy atom. The van der Waals surface area contributed by atoms with Crippen LogP contribution in [-0.4, -0.2) is 15.2 Å². The van der Waals surface area contributed by atoms with Crippen LogP contribution in [0.2, 0.25) is 0 Å². The molecule has 4 heterocycles. The molecule has 0 bridgehead atoms. The molecule has 0 amide bonds. The summed E-state index contributed by atoms with van der Waals surface area (Å²) >= 11 is 0. The second kappa shape index (κ2) is 20.6. The number of aromatic amines is 2. The lowest BCUT2D eigenvalue weighted by Crippen LogP contribution is -2.28. The van der Waals surface area contributed by atoms with Crippen molar-refractivity contribution in [3.63, 3.8) is 0 Å². The third-order valence-corrected chi connectivity index (χ3v) is 13.4. The van der Waals surface area contributed by atoms with Crippen molar-refractivity contribution in [1.29, 1.82) is 0 Å². The van der Waals surface area contributed by atoms with E-state index >= 15 is 0 Å². The molecule has 4 aromatic heterocycles. The number of hydrogen-bond acceptors (Lipinski definition) is 4. The van der Waals surface area contributed by atoms with Crippen LogP contribution in [-0.2, 0) is 37.9 Å². The highest BCUT2D eigenvalue weighted by atomic mass is 16.5. The summed E-state index contributed by atoms with van der Waals surface area (Å²) in [4.78, 5) is 28.7. The Morgan fingerprint density at radius 3 is 1.40 bits per heavy atom. The molecule has 0 atom stereocenters. The third kappa shape index (κ3) is 14.1. The molecule has 0 spiro atoms. The predicted octanol–water partition coefficient (Wildman–Crippen LogP) is 15.3. The molecule has 0 radical (unpaired) electrons. The van der Waals surface area contributed by atoms with Crippen LogP contribution in [0.1, 0.15) is 190 Å². The fourth-order valence-corrected chi connectivity index (χ4v) is 9.54. The smallest absolute Gasteiger partial charge is 0.255 e. The van der Waals surface area contributed by atoms with Gasteiger partial charge in [0.05, 0.1) is 5.39 Å². The van der Waals surface area contributed by atoms with E-state index < -0.39 is 0 Å². The average molecular weight is 988 g/mol. The van der Waals surface area contributed by atoms with Gasteiger partial charge < -0.3 is 15.2 Å². The largest absolute Gasteiger partial charge is 0.618 e. The second-order valence-corrected chi connectivity index (χ2v) is 27.3. The van der Waals surface area contributed by atoms with Crippen molar-refractivity contribution >= 4 is 43.4 Å². The van der Waals surface area contributed by atoms with E-state index in [2.05, 4.69) is 205 Å². The summed E-state index contributed by atoms with van der Waals surface area (Å²) in [7, 11) is 0. The van der Waals surface area contributed by atoms with Crippen molar-refractivity contribution in [1.82, 2.24) is 9.97 Å². The molecular weight excluding hydrogens is 901 g/mol. The third-order valence-electron chi connectivity index (χ3n) is 13.4. The van der Waals surface area contributed by atoms with Gasteiger partial charge in [-0.1, -0.05) is 151 Å². The van der Waals surface area contributed by atoms with Gasteiger partial charge in [-0.2, -0.15) is 4.73 Å². The van der Waals surface area contributed by atoms with E-state index in [1.165, 1.54) is 49.9 Å². The molecule has 8 rings (SSSR count). The van der Waals surface area contributed by atoms with Crippen LogP contribution in [0.5, 0.6) is 0 Å². The van der Waals surface area contributed by atoms with E-state index in [4.69, 9.17) is 0 Å². The number of pyridine rings is 4. The predicted molar refractivity (Wildman–Crippen MR) is 309 cm³/mol. The molecule has 390 valence electrons. The number of fused-ring (bicyclic) bond motifs is 4. The number of hydrogen-bond donors (Lipinski definition) is 3. The van der Waals surface area contributed by atoms with Crippen LogP contribution in [0.4, 0.5) is 0 Å². The van der Waals surface area contributed by atoms with Gasteiger partial charge in [-0.15, -0.1) is 0 Å². The zero-order valence-electron chi connectivity index (χ0n) is 48.5. The van der Waals surface area contributed by atoms with Gasteiger partial charge in [0, 0.05) is 51.5 Å². The van der Waals surface area contributed by atoms with Crippen LogP contribution in [0.25, 0.3) is 43.4 Å². The Labute approximate surface area is 436 Å². The zero-order chi connectivity index (χ0) is 55.2. The maximum Gasteiger partial charge on any atom is 0.255 e. The maximum atomic E-state index is 11.9. The molecule has 3 N–H and O–H groups in total. The molecule has 0 saturated carbocycles. The first-order valence-corrected chi connectivity index (χ1v) is 25.8. The van der Waals surface area contributed by atoms with Gasteiger partial charge in [-0.3, -0.25) is 14.8 Å². The first kappa shape index (κ1) is 57.6. The number of H-pyrrole nitrogens is 2. The minimum absolute atomic E-state index is 0.0129. The number of aryl methyl sites for hydroxylation is 1. The summed E-state index contributed by atoms with van der Waals surface area (Å²) in [6, 6.07) is 28.4. The summed E-state index contributed by atoms with van der Waals surface area (Å²) in [5.74, 6) is 0. The highest BCUT2D eigenvalue weighted by Gasteiger charge is 2.29. The van der Waals surface area contributed by atoms with Gasteiger partial charge in [0.25, 0.3) is 5.56 Å². The minimum Gasteiger partial charge on any atom is -0.618 e. The van der Waals surface area contributed by atoms with E-state index in [0.717, 1.165) is 47.4 Å². The molecule has 8 aromatic rings. The summed E-state index contributed by atoms with van der Waals surface area (Å²) in [5, 5.41) is 27.6. The van der Waals surface area contributed by atoms with Crippen LogP contribution >= 0.6 is 0 Å². The normalized spacial score (nSPS) is 12.7. The number of nitrogens with zero attached hydrogens (tertiary/aromatic N) is 2. The van der Waals surface area contributed by atoms with Gasteiger partial charge >= 0.3 is 0 Å². The topological polar surface area (TPSA) is 117 Å². The average Bonchev–Trinajstić information content (AvgIpc) is 3.24. The van der Waals surface area contributed by atoms with Crippen LogP contribution in [0.15, 0.2) is 119 Å². The van der Waals surface area contributed by atoms with Crippen molar-refractivity contribution in [2.75, 3.05) is 0 Å². The van der Waals surface area contributed by atoms with Gasteiger partial charge in [0.2, 0.25) is 23.5 Å². The molecular formula is C65H87N4O4+. The van der Waals surface area contributed by atoms with Crippen LogP contribution in [0.3, 0.4) is 0 Å². The minimum atomic E-state index is -0.0455. The van der Waals surface area contributed by atoms with Gasteiger partial charge in [0.1, 0.15) is 0 Å². The Hall–Kier alpha value is -6.28. The molecule has 0 unspecified atom stereocenters. The lowest BCUT2D eigenvalue weighted by atomic mass is 9.74. The van der Waals surface area contributed by atoms with Crippen molar-refractivity contribution in [3.8, 4) is 0 Å². The molecule has 0 fully saturated rings. The van der Waals surface area contributed by atoms with Crippen molar-refractivity contribution < 1.29 is 14.7 Å². The van der Waals surface area contributed by atoms with E-state index in [0.29, 0.717) is 0 Å². The standard InChI is InChI=1S/C17H24NO.2C17H23NO.C14H17NO/c1-16(2,3)14-9-12-7-8-18(19)11-13(12)10-15(14)17(4,5)6;1-16(2,3)12-9-11-7-8-15(19)18-14(11)10-13(12)17(4,5)6;1-16(2,3)13-10-12-8-7-9-18(19)15(12)11-14(13)17(4,5)6;1-9-7-11-10(5-6-15-13(11)16)8-12(9)14(2,3)4/h7-11,19H,1-6H3;7-10H,1-6H3,(H,18,19);7-11H,1-6H3;5-8H,1-4H3,(H,15,16)/q+1;;;. The second-order valence-electron chi connectivity index (χ2n) is 27.3. The summed E-state index contributed by atoms with van der Waals surface area (Å²) in [5.41, 5.74) is 12.6. The lowest BCUT2D eigenvalue weighted by Gasteiger charge is -2.30. The van der Waals surface area contributed by atoms with Crippen LogP contribution in [0, 0.1) is 12.1 Å². The van der Waals surface area contributed by atoms with Crippen LogP contribution < -0.4 is 20.6 Å². The van der Waals surface area contributed by atoms with Crippen molar-refractivity contribution in [2.45, 2.75) is 190 Å². The molecule has 0 aliphatic heterocycles. The van der Waals surface area contributed by atoms with Crippen molar-refractivity contribution in [3.05, 3.63) is 180 Å². The highest BCUT2D eigenvalue weighted by molar-refractivity contribution is 5.85. The Balaban J connectivity index is 0.000000181. The molecule has 8 heteroatoms.